The molecule has 2 nitrogen and oxygen atoms in total. The molecular formula is C12H16ClNO. The molecule has 0 aliphatic heterocycles. The van der Waals surface area contributed by atoms with Crippen LogP contribution in [-0.4, -0.2) is 13.2 Å². The van der Waals surface area contributed by atoms with Crippen molar-refractivity contribution < 1.29 is 4.74 Å². The summed E-state index contributed by atoms with van der Waals surface area (Å²) in [7, 11) is 0. The van der Waals surface area contributed by atoms with Gasteiger partial charge < -0.3 is 10.1 Å². The van der Waals surface area contributed by atoms with Crippen molar-refractivity contribution in [2.75, 3.05) is 13.2 Å². The highest BCUT2D eigenvalue weighted by Crippen LogP contribution is 2.26. The van der Waals surface area contributed by atoms with E-state index in [-0.39, 0.29) is 0 Å². The van der Waals surface area contributed by atoms with E-state index >= 15 is 0 Å². The third-order valence-electron chi connectivity index (χ3n) is 1.98. The van der Waals surface area contributed by atoms with Crippen LogP contribution in [-0.2, 0) is 6.54 Å². The van der Waals surface area contributed by atoms with Crippen LogP contribution in [0.3, 0.4) is 0 Å². The second-order valence-electron chi connectivity index (χ2n) is 3.10. The molecule has 1 N–H and O–H groups in total. The van der Waals surface area contributed by atoms with Gasteiger partial charge >= 0.3 is 0 Å². The molecule has 0 heterocycles. The fourth-order valence-electron chi connectivity index (χ4n) is 1.24. The molecule has 0 aromatic heterocycles. The molecule has 0 aliphatic rings. The highest BCUT2D eigenvalue weighted by Gasteiger charge is 2.06. The summed E-state index contributed by atoms with van der Waals surface area (Å²) in [5.41, 5.74) is 1.00. The molecule has 0 fully saturated rings. The van der Waals surface area contributed by atoms with Crippen LogP contribution in [0.1, 0.15) is 12.5 Å². The highest BCUT2D eigenvalue weighted by atomic mass is 35.5. The van der Waals surface area contributed by atoms with Gasteiger partial charge in [0.25, 0.3) is 0 Å². The van der Waals surface area contributed by atoms with Gasteiger partial charge in [-0.2, -0.15) is 0 Å². The average molecular weight is 226 g/mol. The minimum Gasteiger partial charge on any atom is -0.489 e. The minimum atomic E-state index is 0.499. The van der Waals surface area contributed by atoms with Gasteiger partial charge in [-0.1, -0.05) is 37.2 Å². The average Bonchev–Trinajstić information content (AvgIpc) is 2.25. The van der Waals surface area contributed by atoms with E-state index in [0.29, 0.717) is 6.61 Å². The van der Waals surface area contributed by atoms with E-state index < -0.39 is 0 Å². The van der Waals surface area contributed by atoms with Gasteiger partial charge in [-0.25, -0.2) is 0 Å². The number of ether oxygens (including phenoxy) is 1. The van der Waals surface area contributed by atoms with Gasteiger partial charge in [0.2, 0.25) is 0 Å². The fraction of sp³-hybridized carbons (Fsp3) is 0.333. The van der Waals surface area contributed by atoms with E-state index in [4.69, 9.17) is 16.3 Å². The van der Waals surface area contributed by atoms with E-state index in [0.717, 1.165) is 29.4 Å². The Bertz CT molecular complexity index is 325. The Labute approximate surface area is 95.9 Å². The molecule has 0 saturated heterocycles. The molecule has 3 heteroatoms. The van der Waals surface area contributed by atoms with Crippen molar-refractivity contribution in [1.82, 2.24) is 5.32 Å². The third-order valence-corrected chi connectivity index (χ3v) is 2.34. The quantitative estimate of drug-likeness (QED) is 0.752. The number of nitrogens with one attached hydrogen (secondary N) is 1. The summed E-state index contributed by atoms with van der Waals surface area (Å²) in [5.74, 6) is 0.823. The summed E-state index contributed by atoms with van der Waals surface area (Å²) in [6.45, 7) is 7.81. The SMILES string of the molecule is C=CCOc1cccc(Cl)c1CNCC. The van der Waals surface area contributed by atoms with Gasteiger partial charge in [-0.05, 0) is 18.7 Å². The molecule has 1 rings (SSSR count). The molecule has 15 heavy (non-hydrogen) atoms. The Kier molecular flexibility index (Phi) is 5.22. The largest absolute Gasteiger partial charge is 0.489 e. The zero-order valence-electron chi connectivity index (χ0n) is 8.92. The zero-order chi connectivity index (χ0) is 11.1. The Morgan fingerprint density at radius 1 is 1.53 bits per heavy atom. The lowest BCUT2D eigenvalue weighted by Gasteiger charge is -2.11. The van der Waals surface area contributed by atoms with Gasteiger partial charge in [0.05, 0.1) is 0 Å². The van der Waals surface area contributed by atoms with E-state index in [1.54, 1.807) is 6.08 Å². The lowest BCUT2D eigenvalue weighted by molar-refractivity contribution is 0.358. The summed E-state index contributed by atoms with van der Waals surface area (Å²) in [4.78, 5) is 0. The van der Waals surface area contributed by atoms with Crippen LogP contribution in [0.15, 0.2) is 30.9 Å². The van der Waals surface area contributed by atoms with Crippen LogP contribution in [0, 0.1) is 0 Å². The number of halogens is 1. The van der Waals surface area contributed by atoms with Crippen molar-refractivity contribution in [3.05, 3.63) is 41.4 Å². The van der Waals surface area contributed by atoms with Crippen molar-refractivity contribution >= 4 is 11.6 Å². The highest BCUT2D eigenvalue weighted by molar-refractivity contribution is 6.31. The first-order chi connectivity index (χ1) is 7.29. The second-order valence-corrected chi connectivity index (χ2v) is 3.50. The third kappa shape index (κ3) is 3.57. The van der Waals surface area contributed by atoms with Gasteiger partial charge in [0.15, 0.2) is 0 Å². The topological polar surface area (TPSA) is 21.3 Å². The first-order valence-corrected chi connectivity index (χ1v) is 5.39. The maximum Gasteiger partial charge on any atom is 0.125 e. The molecule has 0 spiro atoms. The van der Waals surface area contributed by atoms with Crippen LogP contribution in [0.2, 0.25) is 5.02 Å². The Hall–Kier alpha value is -0.990. The van der Waals surface area contributed by atoms with Crippen LogP contribution >= 0.6 is 11.6 Å². The molecule has 1 aromatic carbocycles. The molecule has 0 radical (unpaired) electrons. The summed E-state index contributed by atoms with van der Waals surface area (Å²) in [6.07, 6.45) is 1.72. The fourth-order valence-corrected chi connectivity index (χ4v) is 1.48. The van der Waals surface area contributed by atoms with Gasteiger partial charge in [-0.15, -0.1) is 0 Å². The van der Waals surface area contributed by atoms with Crippen molar-refractivity contribution in [3.63, 3.8) is 0 Å². The first kappa shape index (κ1) is 12.1. The summed E-state index contributed by atoms with van der Waals surface area (Å²) < 4.78 is 5.52. The summed E-state index contributed by atoms with van der Waals surface area (Å²) in [5, 5.41) is 3.97. The van der Waals surface area contributed by atoms with Crippen LogP contribution in [0.5, 0.6) is 5.75 Å². The van der Waals surface area contributed by atoms with Gasteiger partial charge in [0, 0.05) is 17.1 Å². The molecule has 1 aromatic rings. The monoisotopic (exact) mass is 225 g/mol. The maximum atomic E-state index is 6.10. The van der Waals surface area contributed by atoms with Crippen molar-refractivity contribution in [2.24, 2.45) is 0 Å². The van der Waals surface area contributed by atoms with E-state index in [9.17, 15) is 0 Å². The Morgan fingerprint density at radius 3 is 3.00 bits per heavy atom. The molecule has 0 unspecified atom stereocenters. The van der Waals surface area contributed by atoms with E-state index in [1.807, 2.05) is 18.2 Å². The standard InChI is InChI=1S/C12H16ClNO/c1-3-8-15-12-7-5-6-11(13)10(12)9-14-4-2/h3,5-7,14H,1,4,8-9H2,2H3. The van der Waals surface area contributed by atoms with Crippen molar-refractivity contribution in [3.8, 4) is 5.75 Å². The lowest BCUT2D eigenvalue weighted by atomic mass is 10.2. The Morgan fingerprint density at radius 2 is 2.33 bits per heavy atom. The molecule has 0 bridgehead atoms. The molecule has 0 atom stereocenters. The van der Waals surface area contributed by atoms with Crippen molar-refractivity contribution in [2.45, 2.75) is 13.5 Å². The molecule has 0 amide bonds. The maximum absolute atomic E-state index is 6.10. The Balaban J connectivity index is 2.82. The zero-order valence-corrected chi connectivity index (χ0v) is 9.68. The van der Waals surface area contributed by atoms with Crippen LogP contribution < -0.4 is 10.1 Å². The summed E-state index contributed by atoms with van der Waals surface area (Å²) in [6, 6.07) is 5.67. The van der Waals surface area contributed by atoms with Gasteiger partial charge in [0.1, 0.15) is 12.4 Å². The predicted molar refractivity (Wildman–Crippen MR) is 64.5 cm³/mol. The lowest BCUT2D eigenvalue weighted by Crippen LogP contribution is -2.13. The smallest absolute Gasteiger partial charge is 0.125 e. The number of hydrogen-bond acceptors (Lipinski definition) is 2. The summed E-state index contributed by atoms with van der Waals surface area (Å²) >= 11 is 6.10. The normalized spacial score (nSPS) is 10.0. The predicted octanol–water partition coefficient (Wildman–Crippen LogP) is 3.01. The number of hydrogen-bond donors (Lipinski definition) is 1. The second kappa shape index (κ2) is 6.49. The molecule has 0 aliphatic carbocycles. The van der Waals surface area contributed by atoms with Crippen LogP contribution in [0.25, 0.3) is 0 Å². The van der Waals surface area contributed by atoms with Crippen molar-refractivity contribution in [1.29, 1.82) is 0 Å². The minimum absolute atomic E-state index is 0.499. The number of benzene rings is 1. The van der Waals surface area contributed by atoms with E-state index in [2.05, 4.69) is 18.8 Å². The van der Waals surface area contributed by atoms with Gasteiger partial charge in [-0.3, -0.25) is 0 Å². The molecule has 82 valence electrons. The number of rotatable bonds is 6. The van der Waals surface area contributed by atoms with Crippen LogP contribution in [0.4, 0.5) is 0 Å². The van der Waals surface area contributed by atoms with E-state index in [1.165, 1.54) is 0 Å². The molecule has 0 saturated carbocycles. The molecular weight excluding hydrogens is 210 g/mol. The first-order valence-electron chi connectivity index (χ1n) is 5.01.